The van der Waals surface area contributed by atoms with Gasteiger partial charge in [0.2, 0.25) is 17.7 Å². The predicted molar refractivity (Wildman–Crippen MR) is 140 cm³/mol. The summed E-state index contributed by atoms with van der Waals surface area (Å²) in [5.41, 5.74) is 1.74. The van der Waals surface area contributed by atoms with Crippen molar-refractivity contribution in [3.8, 4) is 0 Å². The van der Waals surface area contributed by atoms with Crippen molar-refractivity contribution < 1.29 is 14.4 Å². The minimum absolute atomic E-state index is 0.00846. The molecule has 7 heteroatoms. The van der Waals surface area contributed by atoms with Gasteiger partial charge in [0, 0.05) is 50.6 Å². The standard InChI is InChI=1S/C28H44N4O3/c1-4-9-24-20-32(17-16-31(24)3)28(35)25(30-26(33)5-2)18-22-12-14-23(15-13-22)29-27(34)19-21-10-7-6-8-11-21/h12-15,21,24-25H,4-11,16-20H2,1-3H3,(H,29,34)(H,30,33)/t24-,25?/m0/s1. The van der Waals surface area contributed by atoms with Gasteiger partial charge >= 0.3 is 0 Å². The Balaban J connectivity index is 1.60. The molecule has 2 N–H and O–H groups in total. The van der Waals surface area contributed by atoms with Crippen molar-refractivity contribution >= 4 is 23.4 Å². The first-order valence-corrected chi connectivity index (χ1v) is 13.6. The molecule has 7 nitrogen and oxygen atoms in total. The predicted octanol–water partition coefficient (Wildman–Crippen LogP) is 3.98. The summed E-state index contributed by atoms with van der Waals surface area (Å²) in [4.78, 5) is 42.4. The van der Waals surface area contributed by atoms with Crippen LogP contribution in [-0.2, 0) is 20.8 Å². The zero-order chi connectivity index (χ0) is 25.2. The maximum Gasteiger partial charge on any atom is 0.245 e. The third-order valence-corrected chi connectivity index (χ3v) is 7.54. The molecule has 1 aliphatic carbocycles. The lowest BCUT2D eigenvalue weighted by Crippen LogP contribution is -2.58. The average molecular weight is 485 g/mol. The molecular formula is C28H44N4O3. The summed E-state index contributed by atoms with van der Waals surface area (Å²) in [7, 11) is 2.12. The lowest BCUT2D eigenvalue weighted by atomic mass is 9.87. The van der Waals surface area contributed by atoms with Crippen molar-refractivity contribution in [2.75, 3.05) is 32.0 Å². The number of rotatable bonds is 10. The normalized spacial score (nSPS) is 20.3. The van der Waals surface area contributed by atoms with Crippen molar-refractivity contribution in [2.24, 2.45) is 5.92 Å². The molecule has 1 aliphatic heterocycles. The van der Waals surface area contributed by atoms with Crippen molar-refractivity contribution in [3.63, 3.8) is 0 Å². The Morgan fingerprint density at radius 3 is 2.37 bits per heavy atom. The third kappa shape index (κ3) is 8.34. The number of amides is 3. The van der Waals surface area contributed by atoms with Crippen LogP contribution in [0.2, 0.25) is 0 Å². The van der Waals surface area contributed by atoms with E-state index in [1.165, 1.54) is 19.3 Å². The second-order valence-electron chi connectivity index (χ2n) is 10.3. The summed E-state index contributed by atoms with van der Waals surface area (Å²) >= 11 is 0. The number of hydrogen-bond donors (Lipinski definition) is 2. The Hall–Kier alpha value is -2.41. The van der Waals surface area contributed by atoms with E-state index in [1.807, 2.05) is 29.2 Å². The van der Waals surface area contributed by atoms with Gasteiger partial charge in [-0.05, 0) is 49.9 Å². The first kappa shape index (κ1) is 27.2. The van der Waals surface area contributed by atoms with E-state index in [-0.39, 0.29) is 17.7 Å². The summed E-state index contributed by atoms with van der Waals surface area (Å²) in [5.74, 6) is 0.452. The second-order valence-corrected chi connectivity index (χ2v) is 10.3. The van der Waals surface area contributed by atoms with E-state index >= 15 is 0 Å². The molecular weight excluding hydrogens is 440 g/mol. The van der Waals surface area contributed by atoms with Crippen LogP contribution < -0.4 is 10.6 Å². The van der Waals surface area contributed by atoms with Gasteiger partial charge in [0.25, 0.3) is 0 Å². The van der Waals surface area contributed by atoms with Crippen LogP contribution >= 0.6 is 0 Å². The molecule has 194 valence electrons. The molecule has 0 spiro atoms. The highest BCUT2D eigenvalue weighted by molar-refractivity contribution is 5.91. The van der Waals surface area contributed by atoms with E-state index in [2.05, 4.69) is 29.5 Å². The maximum atomic E-state index is 13.4. The average Bonchev–Trinajstić information content (AvgIpc) is 2.86. The summed E-state index contributed by atoms with van der Waals surface area (Å²) in [6, 6.07) is 7.45. The van der Waals surface area contributed by atoms with Gasteiger partial charge in [-0.25, -0.2) is 0 Å². The molecule has 2 atom stereocenters. The van der Waals surface area contributed by atoms with E-state index in [9.17, 15) is 14.4 Å². The van der Waals surface area contributed by atoms with Gasteiger partial charge in [-0.1, -0.05) is 51.7 Å². The van der Waals surface area contributed by atoms with Crippen LogP contribution in [0, 0.1) is 5.92 Å². The van der Waals surface area contributed by atoms with Crippen LogP contribution in [0.15, 0.2) is 24.3 Å². The molecule has 1 unspecified atom stereocenters. The Morgan fingerprint density at radius 1 is 1.00 bits per heavy atom. The van der Waals surface area contributed by atoms with Crippen LogP contribution in [-0.4, -0.2) is 66.3 Å². The van der Waals surface area contributed by atoms with E-state index in [1.54, 1.807) is 6.92 Å². The van der Waals surface area contributed by atoms with Crippen molar-refractivity contribution in [2.45, 2.75) is 90.1 Å². The molecule has 2 fully saturated rings. The van der Waals surface area contributed by atoms with Crippen molar-refractivity contribution in [1.82, 2.24) is 15.1 Å². The number of likely N-dealkylation sites (N-methyl/N-ethyl adjacent to an activating group) is 1. The first-order valence-electron chi connectivity index (χ1n) is 13.6. The number of carbonyl (C=O) groups is 3. The van der Waals surface area contributed by atoms with Gasteiger partial charge in [-0.3, -0.25) is 19.3 Å². The van der Waals surface area contributed by atoms with Gasteiger partial charge in [0.05, 0.1) is 0 Å². The van der Waals surface area contributed by atoms with E-state index in [0.29, 0.717) is 44.3 Å². The molecule has 1 heterocycles. The van der Waals surface area contributed by atoms with Crippen LogP contribution in [0.25, 0.3) is 0 Å². The SMILES string of the molecule is CCC[C@H]1CN(C(=O)C(Cc2ccc(NC(=O)CC3CCCCC3)cc2)NC(=O)CC)CCN1C. The summed E-state index contributed by atoms with van der Waals surface area (Å²) in [5, 5.41) is 5.97. The van der Waals surface area contributed by atoms with Gasteiger partial charge in [-0.15, -0.1) is 0 Å². The quantitative estimate of drug-likeness (QED) is 0.526. The topological polar surface area (TPSA) is 81.8 Å². The molecule has 0 bridgehead atoms. The fourth-order valence-corrected chi connectivity index (χ4v) is 5.33. The van der Waals surface area contributed by atoms with Crippen molar-refractivity contribution in [3.05, 3.63) is 29.8 Å². The first-order chi connectivity index (χ1) is 16.9. The van der Waals surface area contributed by atoms with E-state index in [4.69, 9.17) is 0 Å². The largest absolute Gasteiger partial charge is 0.344 e. The number of nitrogens with one attached hydrogen (secondary N) is 2. The fraction of sp³-hybridized carbons (Fsp3) is 0.679. The Bertz CT molecular complexity index is 835. The molecule has 3 amide bonds. The molecule has 1 aromatic carbocycles. The van der Waals surface area contributed by atoms with Gasteiger partial charge in [0.1, 0.15) is 6.04 Å². The lowest BCUT2D eigenvalue weighted by Gasteiger charge is -2.40. The molecule has 1 saturated carbocycles. The minimum Gasteiger partial charge on any atom is -0.344 e. The molecule has 0 radical (unpaired) electrons. The van der Waals surface area contributed by atoms with Crippen molar-refractivity contribution in [1.29, 1.82) is 0 Å². The Kier molecular flexibility index (Phi) is 10.6. The Labute approximate surface area is 211 Å². The monoisotopic (exact) mass is 484 g/mol. The smallest absolute Gasteiger partial charge is 0.245 e. The molecule has 1 aromatic rings. The van der Waals surface area contributed by atoms with Gasteiger partial charge < -0.3 is 15.5 Å². The number of carbonyl (C=O) groups excluding carboxylic acids is 3. The third-order valence-electron chi connectivity index (χ3n) is 7.54. The van der Waals surface area contributed by atoms with Crippen LogP contribution in [0.5, 0.6) is 0 Å². The molecule has 35 heavy (non-hydrogen) atoms. The number of hydrogen-bond acceptors (Lipinski definition) is 4. The minimum atomic E-state index is -0.583. The number of piperazine rings is 1. The zero-order valence-electron chi connectivity index (χ0n) is 21.9. The number of nitrogens with zero attached hydrogens (tertiary/aromatic N) is 2. The highest BCUT2D eigenvalue weighted by Crippen LogP contribution is 2.26. The Morgan fingerprint density at radius 2 is 1.71 bits per heavy atom. The van der Waals surface area contributed by atoms with Crippen LogP contribution in [0.3, 0.4) is 0 Å². The fourth-order valence-electron chi connectivity index (χ4n) is 5.33. The summed E-state index contributed by atoms with van der Waals surface area (Å²) in [6.07, 6.45) is 9.55. The second kappa shape index (κ2) is 13.6. The molecule has 0 aromatic heterocycles. The highest BCUT2D eigenvalue weighted by atomic mass is 16.2. The summed E-state index contributed by atoms with van der Waals surface area (Å²) in [6.45, 7) is 6.20. The maximum absolute atomic E-state index is 13.4. The molecule has 2 aliphatic rings. The van der Waals surface area contributed by atoms with Crippen LogP contribution in [0.1, 0.15) is 77.2 Å². The number of benzene rings is 1. The molecule has 1 saturated heterocycles. The van der Waals surface area contributed by atoms with E-state index < -0.39 is 6.04 Å². The van der Waals surface area contributed by atoms with E-state index in [0.717, 1.165) is 43.5 Å². The zero-order valence-corrected chi connectivity index (χ0v) is 21.9. The summed E-state index contributed by atoms with van der Waals surface area (Å²) < 4.78 is 0. The number of anilines is 1. The molecule has 3 rings (SSSR count). The van der Waals surface area contributed by atoms with Gasteiger partial charge in [0.15, 0.2) is 0 Å². The highest BCUT2D eigenvalue weighted by Gasteiger charge is 2.31. The van der Waals surface area contributed by atoms with Crippen LogP contribution in [0.4, 0.5) is 5.69 Å². The van der Waals surface area contributed by atoms with Gasteiger partial charge in [-0.2, -0.15) is 0 Å². The lowest BCUT2D eigenvalue weighted by molar-refractivity contribution is -0.138.